The predicted molar refractivity (Wildman–Crippen MR) is 69.3 cm³/mol. The summed E-state index contributed by atoms with van der Waals surface area (Å²) in [6.07, 6.45) is 2.99. The summed E-state index contributed by atoms with van der Waals surface area (Å²) in [6.45, 7) is 5.82. The largest absolute Gasteiger partial charge is 0.385 e. The van der Waals surface area contributed by atoms with Crippen molar-refractivity contribution in [2.24, 2.45) is 0 Å². The summed E-state index contributed by atoms with van der Waals surface area (Å²) in [5.41, 5.74) is 0. The molecular formula is C11H21N3OS. The second-order valence-electron chi connectivity index (χ2n) is 3.66. The summed E-state index contributed by atoms with van der Waals surface area (Å²) in [5.74, 6) is 0. The van der Waals surface area contributed by atoms with E-state index < -0.39 is 0 Å². The van der Waals surface area contributed by atoms with Gasteiger partial charge in [0, 0.05) is 44.9 Å². The Morgan fingerprint density at radius 2 is 2.38 bits per heavy atom. The lowest BCUT2D eigenvalue weighted by Gasteiger charge is -2.14. The van der Waals surface area contributed by atoms with Crippen LogP contribution in [0.4, 0.5) is 5.13 Å². The monoisotopic (exact) mass is 243 g/mol. The van der Waals surface area contributed by atoms with Crippen LogP contribution in [0, 0.1) is 0 Å². The molecule has 4 nitrogen and oxygen atoms in total. The Hall–Kier alpha value is -0.650. The van der Waals surface area contributed by atoms with E-state index in [-0.39, 0.29) is 0 Å². The average Bonchev–Trinajstić information content (AvgIpc) is 2.75. The van der Waals surface area contributed by atoms with Gasteiger partial charge < -0.3 is 15.0 Å². The van der Waals surface area contributed by atoms with Crippen LogP contribution in [0.15, 0.2) is 6.20 Å². The molecule has 0 fully saturated rings. The van der Waals surface area contributed by atoms with E-state index in [2.05, 4.69) is 29.2 Å². The molecule has 92 valence electrons. The first-order valence-corrected chi connectivity index (χ1v) is 6.45. The lowest BCUT2D eigenvalue weighted by atomic mass is 10.4. The lowest BCUT2D eigenvalue weighted by Crippen LogP contribution is -2.19. The average molecular weight is 243 g/mol. The van der Waals surface area contributed by atoms with Gasteiger partial charge in [-0.3, -0.25) is 0 Å². The van der Waals surface area contributed by atoms with Gasteiger partial charge in [0.05, 0.1) is 0 Å². The van der Waals surface area contributed by atoms with E-state index in [4.69, 9.17) is 4.74 Å². The zero-order valence-corrected chi connectivity index (χ0v) is 11.1. The van der Waals surface area contributed by atoms with Crippen LogP contribution >= 0.6 is 11.3 Å². The van der Waals surface area contributed by atoms with Crippen LogP contribution in [0.1, 0.15) is 18.2 Å². The third-order valence-corrected chi connectivity index (χ3v) is 3.37. The van der Waals surface area contributed by atoms with E-state index >= 15 is 0 Å². The molecule has 0 aliphatic carbocycles. The number of hydrogen-bond acceptors (Lipinski definition) is 5. The Morgan fingerprint density at radius 1 is 1.56 bits per heavy atom. The molecule has 1 rings (SSSR count). The summed E-state index contributed by atoms with van der Waals surface area (Å²) in [6, 6.07) is 0. The number of methoxy groups -OCH3 is 1. The molecule has 5 heteroatoms. The van der Waals surface area contributed by atoms with Gasteiger partial charge in [-0.1, -0.05) is 6.92 Å². The van der Waals surface area contributed by atoms with E-state index in [0.717, 1.165) is 37.8 Å². The molecule has 0 aliphatic rings. The van der Waals surface area contributed by atoms with Gasteiger partial charge in [0.25, 0.3) is 0 Å². The van der Waals surface area contributed by atoms with Gasteiger partial charge in [0.15, 0.2) is 5.13 Å². The van der Waals surface area contributed by atoms with E-state index in [1.54, 1.807) is 18.4 Å². The van der Waals surface area contributed by atoms with Crippen molar-refractivity contribution in [1.82, 2.24) is 10.3 Å². The minimum Gasteiger partial charge on any atom is -0.385 e. The Kier molecular flexibility index (Phi) is 6.37. The molecule has 0 bridgehead atoms. The van der Waals surface area contributed by atoms with Crippen molar-refractivity contribution >= 4 is 16.5 Å². The van der Waals surface area contributed by atoms with Crippen LogP contribution < -0.4 is 10.2 Å². The Labute approximate surface area is 102 Å². The molecular weight excluding hydrogens is 222 g/mol. The van der Waals surface area contributed by atoms with Crippen LogP contribution in [-0.2, 0) is 11.3 Å². The van der Waals surface area contributed by atoms with Crippen molar-refractivity contribution in [2.75, 3.05) is 38.8 Å². The van der Waals surface area contributed by atoms with Crippen molar-refractivity contribution in [3.05, 3.63) is 11.1 Å². The van der Waals surface area contributed by atoms with Gasteiger partial charge in [0.2, 0.25) is 0 Å². The van der Waals surface area contributed by atoms with Gasteiger partial charge in [-0.25, -0.2) is 4.98 Å². The number of ether oxygens (including phenoxy) is 1. The number of thiazole rings is 1. The SMILES string of the molecule is CCNCc1cnc(N(C)CCCOC)s1. The summed E-state index contributed by atoms with van der Waals surface area (Å²) < 4.78 is 5.03. The number of aromatic nitrogens is 1. The van der Waals surface area contributed by atoms with Crippen LogP contribution in [0.25, 0.3) is 0 Å². The highest BCUT2D eigenvalue weighted by molar-refractivity contribution is 7.15. The fraction of sp³-hybridized carbons (Fsp3) is 0.727. The smallest absolute Gasteiger partial charge is 0.185 e. The summed E-state index contributed by atoms with van der Waals surface area (Å²) in [5, 5.41) is 4.39. The molecule has 0 aliphatic heterocycles. The molecule has 0 radical (unpaired) electrons. The van der Waals surface area contributed by atoms with Crippen molar-refractivity contribution in [2.45, 2.75) is 19.9 Å². The van der Waals surface area contributed by atoms with E-state index in [1.165, 1.54) is 4.88 Å². The second-order valence-corrected chi connectivity index (χ2v) is 4.75. The second kappa shape index (κ2) is 7.60. The standard InChI is InChI=1S/C11H21N3OS/c1-4-12-8-10-9-13-11(16-10)14(2)6-5-7-15-3/h9,12H,4-8H2,1-3H3. The Bertz CT molecular complexity index is 291. The maximum Gasteiger partial charge on any atom is 0.185 e. The fourth-order valence-corrected chi connectivity index (χ4v) is 2.21. The summed E-state index contributed by atoms with van der Waals surface area (Å²) >= 11 is 1.75. The summed E-state index contributed by atoms with van der Waals surface area (Å²) in [4.78, 5) is 7.88. The van der Waals surface area contributed by atoms with Crippen LogP contribution in [0.2, 0.25) is 0 Å². The molecule has 0 atom stereocenters. The van der Waals surface area contributed by atoms with Gasteiger partial charge >= 0.3 is 0 Å². The van der Waals surface area contributed by atoms with Gasteiger partial charge in [-0.15, -0.1) is 11.3 Å². The Balaban J connectivity index is 2.37. The maximum absolute atomic E-state index is 5.03. The molecule has 0 aromatic carbocycles. The van der Waals surface area contributed by atoms with Crippen molar-refractivity contribution < 1.29 is 4.74 Å². The topological polar surface area (TPSA) is 37.4 Å². The van der Waals surface area contributed by atoms with E-state index in [1.807, 2.05) is 6.20 Å². The van der Waals surface area contributed by atoms with Crippen molar-refractivity contribution in [3.8, 4) is 0 Å². The summed E-state index contributed by atoms with van der Waals surface area (Å²) in [7, 11) is 3.81. The first-order chi connectivity index (χ1) is 7.77. The van der Waals surface area contributed by atoms with E-state index in [0.29, 0.717) is 0 Å². The number of nitrogens with zero attached hydrogens (tertiary/aromatic N) is 2. The number of anilines is 1. The fourth-order valence-electron chi connectivity index (χ4n) is 1.35. The van der Waals surface area contributed by atoms with Gasteiger partial charge in [-0.2, -0.15) is 0 Å². The Morgan fingerprint density at radius 3 is 3.06 bits per heavy atom. The number of rotatable bonds is 8. The third kappa shape index (κ3) is 4.47. The quantitative estimate of drug-likeness (QED) is 0.706. The van der Waals surface area contributed by atoms with Crippen LogP contribution in [0.3, 0.4) is 0 Å². The predicted octanol–water partition coefficient (Wildman–Crippen LogP) is 1.73. The molecule has 0 unspecified atom stereocenters. The maximum atomic E-state index is 5.03. The normalized spacial score (nSPS) is 10.7. The van der Waals surface area contributed by atoms with Gasteiger partial charge in [-0.05, 0) is 13.0 Å². The highest BCUT2D eigenvalue weighted by Crippen LogP contribution is 2.21. The minimum absolute atomic E-state index is 0.806. The number of nitrogens with one attached hydrogen (secondary N) is 1. The lowest BCUT2D eigenvalue weighted by molar-refractivity contribution is 0.196. The van der Waals surface area contributed by atoms with Crippen molar-refractivity contribution in [3.63, 3.8) is 0 Å². The minimum atomic E-state index is 0.806. The molecule has 0 saturated carbocycles. The van der Waals surface area contributed by atoms with Gasteiger partial charge in [0.1, 0.15) is 0 Å². The first kappa shape index (κ1) is 13.4. The highest BCUT2D eigenvalue weighted by Gasteiger charge is 2.06. The molecule has 1 aromatic heterocycles. The molecule has 0 spiro atoms. The zero-order valence-electron chi connectivity index (χ0n) is 10.3. The molecule has 0 saturated heterocycles. The molecule has 1 aromatic rings. The highest BCUT2D eigenvalue weighted by atomic mass is 32.1. The van der Waals surface area contributed by atoms with Crippen LogP contribution in [0.5, 0.6) is 0 Å². The third-order valence-electron chi connectivity index (χ3n) is 2.26. The molecule has 1 N–H and O–H groups in total. The molecule has 16 heavy (non-hydrogen) atoms. The van der Waals surface area contributed by atoms with Crippen LogP contribution in [-0.4, -0.2) is 38.8 Å². The zero-order chi connectivity index (χ0) is 11.8. The van der Waals surface area contributed by atoms with Crippen molar-refractivity contribution in [1.29, 1.82) is 0 Å². The first-order valence-electron chi connectivity index (χ1n) is 5.63. The molecule has 1 heterocycles. The molecule has 0 amide bonds. The van der Waals surface area contributed by atoms with E-state index in [9.17, 15) is 0 Å². The number of hydrogen-bond donors (Lipinski definition) is 1.